The summed E-state index contributed by atoms with van der Waals surface area (Å²) in [4.78, 5) is 17.8. The zero-order chi connectivity index (χ0) is 16.3. The molecule has 1 heterocycles. The third-order valence-corrected chi connectivity index (χ3v) is 3.18. The summed E-state index contributed by atoms with van der Waals surface area (Å²) in [5.74, 6) is -0.532. The number of hydrogen-bond donors (Lipinski definition) is 3. The van der Waals surface area contributed by atoms with Crippen molar-refractivity contribution in [1.29, 1.82) is 0 Å². The van der Waals surface area contributed by atoms with Crippen LogP contribution in [0.2, 0.25) is 0 Å². The number of imidazole rings is 1. The van der Waals surface area contributed by atoms with Crippen LogP contribution in [0.15, 0.2) is 24.3 Å². The van der Waals surface area contributed by atoms with E-state index in [9.17, 15) is 18.0 Å². The Balaban J connectivity index is 2.24. The fourth-order valence-corrected chi connectivity index (χ4v) is 2.24. The van der Waals surface area contributed by atoms with Gasteiger partial charge in [-0.3, -0.25) is 4.79 Å². The fraction of sp³-hybridized carbons (Fsp3) is 0.286. The monoisotopic (exact) mass is 329 g/mol. The smallest absolute Gasteiger partial charge is 0.334 e. The van der Waals surface area contributed by atoms with Gasteiger partial charge in [-0.1, -0.05) is 19.4 Å². The lowest BCUT2D eigenvalue weighted by Gasteiger charge is -2.10. The van der Waals surface area contributed by atoms with Gasteiger partial charge >= 0.3 is 6.18 Å². The molecular weight excluding hydrogens is 315 g/mol. The Bertz CT molecular complexity index is 733. The van der Waals surface area contributed by atoms with E-state index >= 15 is 0 Å². The van der Waals surface area contributed by atoms with Crippen molar-refractivity contribution in [2.75, 3.05) is 5.32 Å². The van der Waals surface area contributed by atoms with Gasteiger partial charge < -0.3 is 15.3 Å². The van der Waals surface area contributed by atoms with E-state index in [0.29, 0.717) is 16.9 Å². The van der Waals surface area contributed by atoms with E-state index in [1.807, 2.05) is 6.92 Å². The van der Waals surface area contributed by atoms with Crippen molar-refractivity contribution in [3.8, 4) is 0 Å². The van der Waals surface area contributed by atoms with Gasteiger partial charge in [-0.15, -0.1) is 0 Å². The number of aryl methyl sites for hydroxylation is 1. The minimum absolute atomic E-state index is 0.0720. The molecule has 0 aliphatic carbocycles. The summed E-state index contributed by atoms with van der Waals surface area (Å²) >= 11 is 4.95. The first kappa shape index (κ1) is 16.3. The first-order valence-electron chi connectivity index (χ1n) is 6.61. The Morgan fingerprint density at radius 2 is 2.05 bits per heavy atom. The number of aromatic nitrogens is 2. The minimum Gasteiger partial charge on any atom is -0.334 e. The molecule has 22 heavy (non-hydrogen) atoms. The van der Waals surface area contributed by atoms with Crippen LogP contribution in [-0.2, 0) is 12.6 Å². The van der Waals surface area contributed by atoms with Gasteiger partial charge in [-0.2, -0.15) is 13.2 Å². The molecule has 0 atom stereocenters. The van der Waals surface area contributed by atoms with Crippen LogP contribution >= 0.6 is 12.2 Å². The van der Waals surface area contributed by atoms with Crippen LogP contribution in [-0.4, -0.2) is 15.9 Å². The first-order valence-corrected chi connectivity index (χ1v) is 7.02. The van der Waals surface area contributed by atoms with Gasteiger partial charge in [0.15, 0.2) is 4.77 Å². The largest absolute Gasteiger partial charge is 0.416 e. The Morgan fingerprint density at radius 3 is 2.68 bits per heavy atom. The number of hydrogen-bond acceptors (Lipinski definition) is 2. The lowest BCUT2D eigenvalue weighted by atomic mass is 10.1. The minimum atomic E-state index is -4.46. The van der Waals surface area contributed by atoms with E-state index in [2.05, 4.69) is 15.3 Å². The molecular formula is C14H14F3N3OS. The highest BCUT2D eigenvalue weighted by Crippen LogP contribution is 2.30. The number of anilines is 1. The molecule has 4 nitrogen and oxygen atoms in total. The zero-order valence-corrected chi connectivity index (χ0v) is 12.5. The summed E-state index contributed by atoms with van der Waals surface area (Å²) in [7, 11) is 0. The highest BCUT2D eigenvalue weighted by molar-refractivity contribution is 7.71. The maximum absolute atomic E-state index is 12.7. The maximum atomic E-state index is 12.7. The van der Waals surface area contributed by atoms with Gasteiger partial charge in [0.2, 0.25) is 0 Å². The molecule has 0 aliphatic heterocycles. The quantitative estimate of drug-likeness (QED) is 0.733. The number of benzene rings is 1. The summed E-state index contributed by atoms with van der Waals surface area (Å²) in [6.07, 6.45) is -3.05. The van der Waals surface area contributed by atoms with Crippen LogP contribution in [0.4, 0.5) is 18.9 Å². The van der Waals surface area contributed by atoms with Gasteiger partial charge in [0.1, 0.15) is 5.69 Å². The Hall–Kier alpha value is -2.09. The van der Waals surface area contributed by atoms with E-state index < -0.39 is 17.6 Å². The standard InChI is InChI=1S/C14H14F3N3OS/c1-2-4-10-11(20-13(22)19-10)12(21)18-9-6-3-5-8(7-9)14(15,16)17/h3,5-7H,2,4H2,1H3,(H,18,21)(H2,19,20,22). The van der Waals surface area contributed by atoms with Crippen LogP contribution in [0.1, 0.15) is 35.1 Å². The number of alkyl halides is 3. The third kappa shape index (κ3) is 3.76. The summed E-state index contributed by atoms with van der Waals surface area (Å²) < 4.78 is 38.3. The summed E-state index contributed by atoms with van der Waals surface area (Å²) in [5, 5.41) is 2.45. The molecule has 0 spiro atoms. The van der Waals surface area contributed by atoms with Crippen molar-refractivity contribution in [3.05, 3.63) is 46.0 Å². The molecule has 1 aromatic carbocycles. The van der Waals surface area contributed by atoms with Crippen LogP contribution in [0.5, 0.6) is 0 Å². The van der Waals surface area contributed by atoms with E-state index in [0.717, 1.165) is 18.6 Å². The van der Waals surface area contributed by atoms with Gasteiger partial charge in [0, 0.05) is 11.4 Å². The summed E-state index contributed by atoms with van der Waals surface area (Å²) in [6.45, 7) is 1.94. The number of carbonyl (C=O) groups is 1. The van der Waals surface area contributed by atoms with Crippen LogP contribution in [0.25, 0.3) is 0 Å². The predicted octanol–water partition coefficient (Wildman–Crippen LogP) is 4.30. The van der Waals surface area contributed by atoms with Crippen molar-refractivity contribution < 1.29 is 18.0 Å². The molecule has 2 aromatic rings. The number of H-pyrrole nitrogens is 2. The van der Waals surface area contributed by atoms with Gasteiger partial charge in [-0.25, -0.2) is 0 Å². The topological polar surface area (TPSA) is 60.7 Å². The molecule has 2 rings (SSSR count). The predicted molar refractivity (Wildman–Crippen MR) is 79.4 cm³/mol. The lowest BCUT2D eigenvalue weighted by molar-refractivity contribution is -0.137. The van der Waals surface area contributed by atoms with Gasteiger partial charge in [-0.05, 0) is 36.8 Å². The van der Waals surface area contributed by atoms with Crippen LogP contribution in [0, 0.1) is 4.77 Å². The van der Waals surface area contributed by atoms with Crippen LogP contribution < -0.4 is 5.32 Å². The Morgan fingerprint density at radius 1 is 1.32 bits per heavy atom. The third-order valence-electron chi connectivity index (χ3n) is 2.98. The Labute approximate surface area is 129 Å². The summed E-state index contributed by atoms with van der Waals surface area (Å²) in [6, 6.07) is 4.47. The van der Waals surface area contributed by atoms with Gasteiger partial charge in [0.05, 0.1) is 5.56 Å². The molecule has 0 aliphatic rings. The fourth-order valence-electron chi connectivity index (χ4n) is 2.02. The second-order valence-corrected chi connectivity index (χ2v) is 5.12. The van der Waals surface area contributed by atoms with E-state index in [-0.39, 0.29) is 11.4 Å². The second-order valence-electron chi connectivity index (χ2n) is 4.72. The van der Waals surface area contributed by atoms with E-state index in [1.54, 1.807) is 0 Å². The van der Waals surface area contributed by atoms with Crippen molar-refractivity contribution in [2.24, 2.45) is 0 Å². The van der Waals surface area contributed by atoms with E-state index in [4.69, 9.17) is 12.2 Å². The molecule has 8 heteroatoms. The van der Waals surface area contributed by atoms with Crippen molar-refractivity contribution in [3.63, 3.8) is 0 Å². The number of amides is 1. The van der Waals surface area contributed by atoms with Gasteiger partial charge in [0.25, 0.3) is 5.91 Å². The second kappa shape index (κ2) is 6.35. The average Bonchev–Trinajstić information content (AvgIpc) is 2.79. The highest BCUT2D eigenvalue weighted by Gasteiger charge is 2.30. The molecule has 1 aromatic heterocycles. The lowest BCUT2D eigenvalue weighted by Crippen LogP contribution is -2.15. The first-order chi connectivity index (χ1) is 10.3. The van der Waals surface area contributed by atoms with Crippen molar-refractivity contribution in [2.45, 2.75) is 25.9 Å². The average molecular weight is 329 g/mol. The molecule has 0 saturated heterocycles. The normalized spacial score (nSPS) is 11.5. The molecule has 0 fully saturated rings. The number of aromatic amines is 2. The molecule has 3 N–H and O–H groups in total. The summed E-state index contributed by atoms with van der Waals surface area (Å²) in [5.41, 5.74) is 0.130. The Kier molecular flexibility index (Phi) is 4.70. The van der Waals surface area contributed by atoms with Crippen molar-refractivity contribution in [1.82, 2.24) is 9.97 Å². The van der Waals surface area contributed by atoms with Crippen LogP contribution in [0.3, 0.4) is 0 Å². The molecule has 1 amide bonds. The zero-order valence-electron chi connectivity index (χ0n) is 11.7. The number of rotatable bonds is 4. The molecule has 0 unspecified atom stereocenters. The number of halogens is 3. The maximum Gasteiger partial charge on any atom is 0.416 e. The molecule has 118 valence electrons. The SMILES string of the molecule is CCCc1[nH]c(=S)[nH]c1C(=O)Nc1cccc(C(F)(F)F)c1. The van der Waals surface area contributed by atoms with E-state index in [1.165, 1.54) is 12.1 Å². The number of carbonyl (C=O) groups excluding carboxylic acids is 1. The molecule has 0 bridgehead atoms. The molecule has 0 radical (unpaired) electrons. The number of nitrogens with one attached hydrogen (secondary N) is 3. The van der Waals surface area contributed by atoms with Crippen molar-refractivity contribution >= 4 is 23.8 Å². The highest BCUT2D eigenvalue weighted by atomic mass is 32.1. The molecule has 0 saturated carbocycles.